The summed E-state index contributed by atoms with van der Waals surface area (Å²) in [7, 11) is 3.00. The largest absolute Gasteiger partial charge is 0.493 e. The second kappa shape index (κ2) is 9.66. The van der Waals surface area contributed by atoms with Crippen LogP contribution in [0.4, 0.5) is 5.69 Å². The van der Waals surface area contributed by atoms with Crippen LogP contribution < -0.4 is 30.6 Å². The molecule has 9 heteroatoms. The first-order valence-corrected chi connectivity index (χ1v) is 9.54. The smallest absolute Gasteiger partial charge is 0.321 e. The lowest BCUT2D eigenvalue weighted by Crippen LogP contribution is -2.41. The number of hydrogen-bond donors (Lipinski definition) is 1. The zero-order chi connectivity index (χ0) is 22.4. The second-order valence-electron chi connectivity index (χ2n) is 6.43. The molecule has 0 atom stereocenters. The van der Waals surface area contributed by atoms with Crippen LogP contribution in [-0.2, 0) is 11.3 Å². The van der Waals surface area contributed by atoms with Crippen LogP contribution in [0.1, 0.15) is 6.92 Å². The van der Waals surface area contributed by atoms with Crippen molar-refractivity contribution in [2.24, 2.45) is 0 Å². The van der Waals surface area contributed by atoms with Crippen molar-refractivity contribution in [2.75, 3.05) is 26.1 Å². The molecule has 0 aliphatic carbocycles. The number of carbonyl (C=O) groups is 1. The molecule has 2 aromatic carbocycles. The summed E-state index contributed by atoms with van der Waals surface area (Å²) in [6.45, 7) is 1.92. The summed E-state index contributed by atoms with van der Waals surface area (Å²) in [6.07, 6.45) is 2.83. The lowest BCUT2D eigenvalue weighted by molar-refractivity contribution is -0.116. The van der Waals surface area contributed by atoms with Crippen LogP contribution in [0.15, 0.2) is 64.4 Å². The fourth-order valence-electron chi connectivity index (χ4n) is 3.03. The first-order valence-electron chi connectivity index (χ1n) is 9.54. The number of methoxy groups -OCH3 is 2. The minimum Gasteiger partial charge on any atom is -0.493 e. The summed E-state index contributed by atoms with van der Waals surface area (Å²) in [4.78, 5) is 37.7. The first-order chi connectivity index (χ1) is 15.0. The number of benzene rings is 2. The van der Waals surface area contributed by atoms with Gasteiger partial charge in [0.2, 0.25) is 5.91 Å². The quantitative estimate of drug-likeness (QED) is 0.555. The van der Waals surface area contributed by atoms with Crippen molar-refractivity contribution in [3.8, 4) is 22.9 Å². The Hall–Kier alpha value is -4.01. The minimum absolute atomic E-state index is 0.323. The number of rotatable bonds is 8. The molecule has 3 aromatic rings. The third kappa shape index (κ3) is 4.77. The maximum Gasteiger partial charge on any atom is 0.321 e. The van der Waals surface area contributed by atoms with Crippen molar-refractivity contribution in [3.05, 3.63) is 75.6 Å². The highest BCUT2D eigenvalue weighted by Gasteiger charge is 2.13. The molecule has 1 aromatic heterocycles. The molecule has 0 spiro atoms. The Bertz CT molecular complexity index is 1200. The van der Waals surface area contributed by atoms with Crippen molar-refractivity contribution < 1.29 is 19.0 Å². The van der Waals surface area contributed by atoms with Gasteiger partial charge in [-0.15, -0.1) is 0 Å². The molecule has 0 aliphatic rings. The van der Waals surface area contributed by atoms with Crippen molar-refractivity contribution in [1.82, 2.24) is 9.13 Å². The van der Waals surface area contributed by atoms with Gasteiger partial charge in [0, 0.05) is 24.1 Å². The molecule has 0 radical (unpaired) electrons. The molecule has 0 unspecified atom stereocenters. The highest BCUT2D eigenvalue weighted by Crippen LogP contribution is 2.29. The van der Waals surface area contributed by atoms with Crippen molar-refractivity contribution in [2.45, 2.75) is 13.5 Å². The standard InChI is InChI=1S/C22H23N3O6/c1-4-31-17-8-6-5-7-16(17)25-12-11-24(21(27)22(25)28)14-20(26)23-15-9-10-18(29-2)19(13-15)30-3/h5-13H,4,14H2,1-3H3,(H,23,26). The van der Waals surface area contributed by atoms with Crippen LogP contribution in [0.5, 0.6) is 17.2 Å². The summed E-state index contributed by atoms with van der Waals surface area (Å²) < 4.78 is 18.2. The predicted molar refractivity (Wildman–Crippen MR) is 116 cm³/mol. The molecule has 1 amide bonds. The second-order valence-corrected chi connectivity index (χ2v) is 6.43. The molecule has 1 heterocycles. The fourth-order valence-corrected chi connectivity index (χ4v) is 3.03. The maximum atomic E-state index is 12.7. The van der Waals surface area contributed by atoms with E-state index >= 15 is 0 Å². The van der Waals surface area contributed by atoms with E-state index in [-0.39, 0.29) is 6.54 Å². The molecule has 0 saturated carbocycles. The van der Waals surface area contributed by atoms with Crippen LogP contribution in [0.2, 0.25) is 0 Å². The Balaban J connectivity index is 1.82. The molecule has 0 bridgehead atoms. The van der Waals surface area contributed by atoms with Gasteiger partial charge in [-0.2, -0.15) is 0 Å². The van der Waals surface area contributed by atoms with E-state index in [1.807, 2.05) is 6.92 Å². The lowest BCUT2D eigenvalue weighted by Gasteiger charge is -2.13. The Labute approximate surface area is 178 Å². The van der Waals surface area contributed by atoms with E-state index in [0.717, 1.165) is 4.57 Å². The normalized spacial score (nSPS) is 10.4. The number of ether oxygens (including phenoxy) is 3. The Kier molecular flexibility index (Phi) is 6.76. The number of aromatic nitrogens is 2. The van der Waals surface area contributed by atoms with Crippen LogP contribution in [0, 0.1) is 0 Å². The average Bonchev–Trinajstić information content (AvgIpc) is 2.78. The number of hydrogen-bond acceptors (Lipinski definition) is 6. The van der Waals surface area contributed by atoms with E-state index in [9.17, 15) is 14.4 Å². The molecule has 9 nitrogen and oxygen atoms in total. The lowest BCUT2D eigenvalue weighted by atomic mass is 10.2. The molecule has 0 fully saturated rings. The highest BCUT2D eigenvalue weighted by molar-refractivity contribution is 5.90. The van der Waals surface area contributed by atoms with Gasteiger partial charge in [0.25, 0.3) is 0 Å². The third-order valence-corrected chi connectivity index (χ3v) is 4.46. The van der Waals surface area contributed by atoms with Crippen molar-refractivity contribution in [3.63, 3.8) is 0 Å². The molecule has 0 saturated heterocycles. The van der Waals surface area contributed by atoms with E-state index in [1.54, 1.807) is 42.5 Å². The molecular weight excluding hydrogens is 402 g/mol. The van der Waals surface area contributed by atoms with E-state index in [1.165, 1.54) is 31.2 Å². The molecule has 162 valence electrons. The van der Waals surface area contributed by atoms with E-state index in [4.69, 9.17) is 14.2 Å². The molecule has 1 N–H and O–H groups in total. The summed E-state index contributed by atoms with van der Waals surface area (Å²) in [5.41, 5.74) is -0.687. The number of anilines is 1. The Morgan fingerprint density at radius 1 is 0.935 bits per heavy atom. The van der Waals surface area contributed by atoms with E-state index in [2.05, 4.69) is 5.32 Å². The molecule has 31 heavy (non-hydrogen) atoms. The Morgan fingerprint density at radius 2 is 1.68 bits per heavy atom. The van der Waals surface area contributed by atoms with Gasteiger partial charge in [0.15, 0.2) is 11.5 Å². The van der Waals surface area contributed by atoms with Gasteiger partial charge < -0.3 is 19.5 Å². The number of carbonyl (C=O) groups excluding carboxylic acids is 1. The van der Waals surface area contributed by atoms with Crippen molar-refractivity contribution >= 4 is 11.6 Å². The maximum absolute atomic E-state index is 12.7. The van der Waals surface area contributed by atoms with Crippen LogP contribution in [-0.4, -0.2) is 35.9 Å². The van der Waals surface area contributed by atoms with E-state index in [0.29, 0.717) is 35.2 Å². The van der Waals surface area contributed by atoms with Gasteiger partial charge in [0.05, 0.1) is 26.5 Å². The van der Waals surface area contributed by atoms with Crippen LogP contribution in [0.3, 0.4) is 0 Å². The number of para-hydroxylation sites is 2. The Morgan fingerprint density at radius 3 is 2.39 bits per heavy atom. The highest BCUT2D eigenvalue weighted by atomic mass is 16.5. The molecule has 3 rings (SSSR count). The monoisotopic (exact) mass is 425 g/mol. The van der Waals surface area contributed by atoms with Gasteiger partial charge in [-0.05, 0) is 31.2 Å². The zero-order valence-electron chi connectivity index (χ0n) is 17.5. The predicted octanol–water partition coefficient (Wildman–Crippen LogP) is 2.05. The van der Waals surface area contributed by atoms with Crippen LogP contribution >= 0.6 is 0 Å². The number of nitrogens with one attached hydrogen (secondary N) is 1. The van der Waals surface area contributed by atoms with Gasteiger partial charge in [-0.25, -0.2) is 0 Å². The third-order valence-electron chi connectivity index (χ3n) is 4.46. The minimum atomic E-state index is -0.823. The molecule has 0 aliphatic heterocycles. The number of nitrogens with zero attached hydrogens (tertiary/aromatic N) is 2. The fraction of sp³-hybridized carbons (Fsp3) is 0.227. The zero-order valence-corrected chi connectivity index (χ0v) is 17.5. The van der Waals surface area contributed by atoms with E-state index < -0.39 is 17.0 Å². The summed E-state index contributed by atoms with van der Waals surface area (Å²) in [5.74, 6) is 0.984. The van der Waals surface area contributed by atoms with Gasteiger partial charge in [-0.1, -0.05) is 12.1 Å². The van der Waals surface area contributed by atoms with Crippen LogP contribution in [0.25, 0.3) is 5.69 Å². The summed E-state index contributed by atoms with van der Waals surface area (Å²) in [5, 5.41) is 2.67. The molecular formula is C22H23N3O6. The van der Waals surface area contributed by atoms with Gasteiger partial charge in [0.1, 0.15) is 12.3 Å². The average molecular weight is 425 g/mol. The van der Waals surface area contributed by atoms with Gasteiger partial charge in [-0.3, -0.25) is 23.5 Å². The summed E-state index contributed by atoms with van der Waals surface area (Å²) >= 11 is 0. The van der Waals surface area contributed by atoms with Gasteiger partial charge >= 0.3 is 11.1 Å². The summed E-state index contributed by atoms with van der Waals surface area (Å²) in [6, 6.07) is 11.8. The SMILES string of the molecule is CCOc1ccccc1-n1ccn(CC(=O)Nc2ccc(OC)c(OC)c2)c(=O)c1=O. The van der Waals surface area contributed by atoms with Crippen molar-refractivity contribution in [1.29, 1.82) is 0 Å². The number of amides is 1. The topological polar surface area (TPSA) is 101 Å². The first kappa shape index (κ1) is 21.7.